The van der Waals surface area contributed by atoms with E-state index < -0.39 is 0 Å². The number of rotatable bonds is 8. The van der Waals surface area contributed by atoms with Crippen LogP contribution in [0.1, 0.15) is 15.8 Å². The minimum absolute atomic E-state index is 0. The van der Waals surface area contributed by atoms with Crippen LogP contribution in [0, 0.1) is 0 Å². The second-order valence-electron chi connectivity index (χ2n) is 7.52. The minimum atomic E-state index is 0. The lowest BCUT2D eigenvalue weighted by molar-refractivity contribution is 0.299. The van der Waals surface area contributed by atoms with Gasteiger partial charge in [-0.05, 0) is 42.5 Å². The van der Waals surface area contributed by atoms with Crippen molar-refractivity contribution in [2.75, 3.05) is 0 Å². The van der Waals surface area contributed by atoms with Crippen LogP contribution in [0.15, 0.2) is 131 Å². The summed E-state index contributed by atoms with van der Waals surface area (Å²) in [6, 6.07) is 41.7. The SMILES string of the molecule is Cl.c1ccc(SC(Sc2ccccc2)c2ccccc2OCc2ccc3ccccc3n2)cc1. The molecule has 0 unspecified atom stereocenters. The van der Waals surface area contributed by atoms with E-state index in [1.807, 2.05) is 53.9 Å². The first-order chi connectivity index (χ1) is 16.3. The zero-order valence-electron chi connectivity index (χ0n) is 18.4. The smallest absolute Gasteiger partial charge is 0.130 e. The molecule has 34 heavy (non-hydrogen) atoms. The van der Waals surface area contributed by atoms with Gasteiger partial charge < -0.3 is 4.74 Å². The standard InChI is InChI=1S/C29H23NOS2.ClH/c1-3-12-24(13-4-1)32-29(33-25-14-5-2-6-15-25)26-16-8-10-18-28(26)31-21-23-20-19-22-11-7-9-17-27(22)30-23;/h1-20,29H,21H2;1H. The first-order valence-electron chi connectivity index (χ1n) is 10.8. The summed E-state index contributed by atoms with van der Waals surface area (Å²) < 4.78 is 6.49. The molecule has 0 bridgehead atoms. The van der Waals surface area contributed by atoms with Crippen LogP contribution in [0.25, 0.3) is 10.9 Å². The average molecular weight is 502 g/mol. The first kappa shape index (κ1) is 24.2. The van der Waals surface area contributed by atoms with Crippen molar-refractivity contribution in [2.45, 2.75) is 21.0 Å². The Kier molecular flexibility index (Phi) is 8.53. The van der Waals surface area contributed by atoms with Gasteiger partial charge in [0.15, 0.2) is 0 Å². The van der Waals surface area contributed by atoms with Crippen LogP contribution in [0.3, 0.4) is 0 Å². The monoisotopic (exact) mass is 501 g/mol. The predicted molar refractivity (Wildman–Crippen MR) is 147 cm³/mol. The topological polar surface area (TPSA) is 22.1 Å². The highest BCUT2D eigenvalue weighted by atomic mass is 35.5. The van der Waals surface area contributed by atoms with Gasteiger partial charge in [-0.2, -0.15) is 0 Å². The van der Waals surface area contributed by atoms with Crippen LogP contribution in [-0.4, -0.2) is 4.98 Å². The second kappa shape index (κ2) is 12.0. The summed E-state index contributed by atoms with van der Waals surface area (Å²) in [4.78, 5) is 7.23. The molecule has 0 aliphatic carbocycles. The van der Waals surface area contributed by atoms with Gasteiger partial charge in [-0.15, -0.1) is 35.9 Å². The summed E-state index contributed by atoms with van der Waals surface area (Å²) in [5.74, 6) is 0.893. The highest BCUT2D eigenvalue weighted by Gasteiger charge is 2.19. The lowest BCUT2D eigenvalue weighted by Gasteiger charge is -2.20. The van der Waals surface area contributed by atoms with Crippen molar-refractivity contribution in [1.82, 2.24) is 4.98 Å². The quantitative estimate of drug-likeness (QED) is 0.156. The van der Waals surface area contributed by atoms with E-state index in [9.17, 15) is 0 Å². The predicted octanol–water partition coefficient (Wildman–Crippen LogP) is 8.82. The van der Waals surface area contributed by atoms with Crippen molar-refractivity contribution < 1.29 is 4.74 Å². The van der Waals surface area contributed by atoms with Gasteiger partial charge in [-0.25, -0.2) is 4.98 Å². The van der Waals surface area contributed by atoms with Crippen molar-refractivity contribution in [1.29, 1.82) is 0 Å². The molecule has 170 valence electrons. The molecule has 4 aromatic carbocycles. The fraction of sp³-hybridized carbons (Fsp3) is 0.0690. The Morgan fingerprint density at radius 3 is 1.91 bits per heavy atom. The Morgan fingerprint density at radius 1 is 0.618 bits per heavy atom. The molecule has 0 N–H and O–H groups in total. The van der Waals surface area contributed by atoms with Crippen molar-refractivity contribution in [3.63, 3.8) is 0 Å². The summed E-state index contributed by atoms with van der Waals surface area (Å²) >= 11 is 3.68. The summed E-state index contributed by atoms with van der Waals surface area (Å²) in [7, 11) is 0. The Hall–Kier alpha value is -2.92. The maximum atomic E-state index is 6.34. The summed E-state index contributed by atoms with van der Waals surface area (Å²) in [6.07, 6.45) is 0. The van der Waals surface area contributed by atoms with Crippen molar-refractivity contribution >= 4 is 46.8 Å². The molecule has 2 nitrogen and oxygen atoms in total. The molecule has 1 aromatic heterocycles. The molecule has 1 heterocycles. The molecule has 5 heteroatoms. The number of fused-ring (bicyclic) bond motifs is 1. The van der Waals surface area contributed by atoms with E-state index in [0.717, 1.165) is 22.3 Å². The van der Waals surface area contributed by atoms with E-state index in [1.165, 1.54) is 15.4 Å². The van der Waals surface area contributed by atoms with E-state index >= 15 is 0 Å². The fourth-order valence-corrected chi connectivity index (χ4v) is 6.17. The molecular weight excluding hydrogens is 478 g/mol. The second-order valence-corrected chi connectivity index (χ2v) is 10.2. The Labute approximate surface area is 215 Å². The van der Waals surface area contributed by atoms with Gasteiger partial charge in [-0.3, -0.25) is 0 Å². The molecular formula is C29H24ClNOS2. The highest BCUT2D eigenvalue weighted by Crippen LogP contribution is 2.49. The number of hydrogen-bond acceptors (Lipinski definition) is 4. The first-order valence-corrected chi connectivity index (χ1v) is 12.6. The number of pyridine rings is 1. The summed E-state index contributed by atoms with van der Waals surface area (Å²) in [5.41, 5.74) is 3.08. The van der Waals surface area contributed by atoms with Crippen molar-refractivity contribution in [3.8, 4) is 5.75 Å². The summed E-state index contributed by atoms with van der Waals surface area (Å²) in [5, 5.41) is 1.14. The molecule has 0 aliphatic heterocycles. The maximum absolute atomic E-state index is 6.34. The van der Waals surface area contributed by atoms with Crippen molar-refractivity contribution in [3.05, 3.63) is 133 Å². The van der Waals surface area contributed by atoms with E-state index in [1.54, 1.807) is 0 Å². The fourth-order valence-electron chi connectivity index (χ4n) is 3.54. The minimum Gasteiger partial charge on any atom is -0.487 e. The van der Waals surface area contributed by atoms with Crippen LogP contribution in [0.5, 0.6) is 5.75 Å². The zero-order chi connectivity index (χ0) is 22.3. The molecule has 5 rings (SSSR count). The Balaban J connectivity index is 0.00000274. The van der Waals surface area contributed by atoms with Gasteiger partial charge in [0.25, 0.3) is 0 Å². The van der Waals surface area contributed by atoms with Gasteiger partial charge in [0.05, 0.1) is 15.8 Å². The number of nitrogens with zero attached hydrogens (tertiary/aromatic N) is 1. The third-order valence-corrected chi connectivity index (χ3v) is 7.78. The molecule has 0 spiro atoms. The molecule has 0 aliphatic rings. The van der Waals surface area contributed by atoms with Crippen molar-refractivity contribution in [2.24, 2.45) is 0 Å². The van der Waals surface area contributed by atoms with Crippen LogP contribution in [-0.2, 0) is 6.61 Å². The van der Waals surface area contributed by atoms with Crippen LogP contribution in [0.2, 0.25) is 0 Å². The van der Waals surface area contributed by atoms with Gasteiger partial charge >= 0.3 is 0 Å². The maximum Gasteiger partial charge on any atom is 0.130 e. The van der Waals surface area contributed by atoms with Crippen LogP contribution < -0.4 is 4.74 Å². The molecule has 5 aromatic rings. The lowest BCUT2D eigenvalue weighted by Crippen LogP contribution is -2.02. The normalized spacial score (nSPS) is 10.7. The number of ether oxygens (including phenoxy) is 1. The number of hydrogen-bond donors (Lipinski definition) is 0. The third kappa shape index (κ3) is 6.15. The zero-order valence-corrected chi connectivity index (χ0v) is 20.9. The third-order valence-electron chi connectivity index (χ3n) is 5.18. The number of aromatic nitrogens is 1. The van der Waals surface area contributed by atoms with E-state index in [-0.39, 0.29) is 17.0 Å². The van der Waals surface area contributed by atoms with Gasteiger partial charge in [0.1, 0.15) is 12.4 Å². The average Bonchev–Trinajstić information content (AvgIpc) is 2.88. The van der Waals surface area contributed by atoms with E-state index in [2.05, 4.69) is 91.0 Å². The van der Waals surface area contributed by atoms with E-state index in [4.69, 9.17) is 9.72 Å². The number of para-hydroxylation sites is 2. The number of thioether (sulfide) groups is 2. The molecule has 0 saturated carbocycles. The molecule has 0 radical (unpaired) electrons. The molecule has 0 atom stereocenters. The van der Waals surface area contributed by atoms with Crippen LogP contribution >= 0.6 is 35.9 Å². The number of benzene rings is 4. The summed E-state index contributed by atoms with van der Waals surface area (Å²) in [6.45, 7) is 0.431. The lowest BCUT2D eigenvalue weighted by atomic mass is 10.2. The Bertz CT molecular complexity index is 1290. The molecule has 0 fully saturated rings. The largest absolute Gasteiger partial charge is 0.487 e. The van der Waals surface area contributed by atoms with Crippen LogP contribution in [0.4, 0.5) is 0 Å². The van der Waals surface area contributed by atoms with Gasteiger partial charge in [0, 0.05) is 20.7 Å². The number of halogens is 1. The van der Waals surface area contributed by atoms with Gasteiger partial charge in [-0.1, -0.05) is 78.9 Å². The highest BCUT2D eigenvalue weighted by molar-refractivity contribution is 8.16. The molecule has 0 saturated heterocycles. The van der Waals surface area contributed by atoms with E-state index in [0.29, 0.717) is 6.61 Å². The Morgan fingerprint density at radius 2 is 1.21 bits per heavy atom. The molecule has 0 amide bonds. The van der Waals surface area contributed by atoms with Gasteiger partial charge in [0.2, 0.25) is 0 Å².